The lowest BCUT2D eigenvalue weighted by Crippen LogP contribution is -2.03. The highest BCUT2D eigenvalue weighted by Crippen LogP contribution is 2.23. The Morgan fingerprint density at radius 3 is 2.88 bits per heavy atom. The van der Waals surface area contributed by atoms with Crippen LogP contribution in [0.15, 0.2) is 34.8 Å². The minimum Gasteiger partial charge on any atom is -0.325 e. The number of pyridine rings is 1. The normalized spacial score (nSPS) is 11.5. The van der Waals surface area contributed by atoms with E-state index in [4.69, 9.17) is 5.73 Å². The number of hydrogen-bond donors (Lipinski definition) is 1. The Bertz CT molecular complexity index is 715. The molecule has 17 heavy (non-hydrogen) atoms. The molecule has 0 saturated heterocycles. The monoisotopic (exact) mass is 289 g/mol. The van der Waals surface area contributed by atoms with Gasteiger partial charge in [-0.25, -0.2) is 4.98 Å². The number of nitrogens with zero attached hydrogens (tertiary/aromatic N) is 2. The zero-order valence-electron chi connectivity index (χ0n) is 9.44. The first-order valence-electron chi connectivity index (χ1n) is 5.47. The van der Waals surface area contributed by atoms with Crippen molar-refractivity contribution >= 4 is 32.5 Å². The summed E-state index contributed by atoms with van der Waals surface area (Å²) in [4.78, 5) is 4.53. The third-order valence-corrected chi connectivity index (χ3v) is 3.53. The van der Waals surface area contributed by atoms with Crippen LogP contribution in [0.3, 0.4) is 0 Å². The molecule has 0 aliphatic heterocycles. The molecule has 0 fully saturated rings. The van der Waals surface area contributed by atoms with E-state index in [0.29, 0.717) is 6.54 Å². The van der Waals surface area contributed by atoms with Crippen molar-refractivity contribution in [3.8, 4) is 0 Å². The summed E-state index contributed by atoms with van der Waals surface area (Å²) in [5.41, 5.74) is 9.99. The van der Waals surface area contributed by atoms with Gasteiger partial charge >= 0.3 is 0 Å². The molecule has 0 atom stereocenters. The summed E-state index contributed by atoms with van der Waals surface area (Å²) in [7, 11) is 0. The third kappa shape index (κ3) is 1.56. The van der Waals surface area contributed by atoms with Crippen molar-refractivity contribution in [3.63, 3.8) is 0 Å². The fourth-order valence-corrected chi connectivity index (χ4v) is 2.61. The highest BCUT2D eigenvalue weighted by molar-refractivity contribution is 9.10. The maximum Gasteiger partial charge on any atom is 0.137 e. The van der Waals surface area contributed by atoms with Gasteiger partial charge in [0.2, 0.25) is 0 Å². The molecule has 0 bridgehead atoms. The van der Waals surface area contributed by atoms with Gasteiger partial charge in [-0.1, -0.05) is 15.9 Å². The van der Waals surface area contributed by atoms with Crippen LogP contribution in [0.1, 0.15) is 11.4 Å². The van der Waals surface area contributed by atoms with Gasteiger partial charge in [0.1, 0.15) is 5.65 Å². The minimum atomic E-state index is 0.502. The highest BCUT2D eigenvalue weighted by atomic mass is 79.9. The van der Waals surface area contributed by atoms with E-state index in [2.05, 4.69) is 43.5 Å². The SMILES string of the molecule is Cc1nc2ccc3cc(Br)ccc3n2c1CN. The van der Waals surface area contributed by atoms with Gasteiger partial charge in [0, 0.05) is 11.0 Å². The molecule has 4 heteroatoms. The van der Waals surface area contributed by atoms with Crippen LogP contribution in [0, 0.1) is 6.92 Å². The summed E-state index contributed by atoms with van der Waals surface area (Å²) < 4.78 is 3.22. The largest absolute Gasteiger partial charge is 0.325 e. The summed E-state index contributed by atoms with van der Waals surface area (Å²) >= 11 is 3.49. The van der Waals surface area contributed by atoms with Crippen LogP contribution in [0.25, 0.3) is 16.6 Å². The Hall–Kier alpha value is -1.39. The lowest BCUT2D eigenvalue weighted by molar-refractivity contribution is 0.961. The summed E-state index contributed by atoms with van der Waals surface area (Å²) in [6, 6.07) is 10.3. The molecule has 1 aromatic carbocycles. The number of rotatable bonds is 1. The van der Waals surface area contributed by atoms with Crippen molar-refractivity contribution < 1.29 is 0 Å². The maximum absolute atomic E-state index is 5.81. The van der Waals surface area contributed by atoms with Crippen molar-refractivity contribution in [2.75, 3.05) is 0 Å². The Morgan fingerprint density at radius 2 is 2.12 bits per heavy atom. The van der Waals surface area contributed by atoms with Crippen molar-refractivity contribution in [1.29, 1.82) is 0 Å². The predicted molar refractivity (Wildman–Crippen MR) is 73.0 cm³/mol. The number of aryl methyl sites for hydroxylation is 1. The molecule has 0 aliphatic rings. The van der Waals surface area contributed by atoms with Crippen LogP contribution >= 0.6 is 15.9 Å². The Labute approximate surface area is 107 Å². The summed E-state index contributed by atoms with van der Waals surface area (Å²) in [6.07, 6.45) is 0. The number of aromatic nitrogens is 2. The minimum absolute atomic E-state index is 0.502. The van der Waals surface area contributed by atoms with Gasteiger partial charge < -0.3 is 5.73 Å². The number of halogens is 1. The first kappa shape index (κ1) is 10.7. The molecule has 0 radical (unpaired) electrons. The van der Waals surface area contributed by atoms with Crippen LogP contribution < -0.4 is 5.73 Å². The van der Waals surface area contributed by atoms with Gasteiger partial charge in [0.25, 0.3) is 0 Å². The Morgan fingerprint density at radius 1 is 1.29 bits per heavy atom. The van der Waals surface area contributed by atoms with E-state index >= 15 is 0 Å². The van der Waals surface area contributed by atoms with Gasteiger partial charge in [-0.05, 0) is 42.6 Å². The van der Waals surface area contributed by atoms with Crippen molar-refractivity contribution in [2.45, 2.75) is 13.5 Å². The van der Waals surface area contributed by atoms with Gasteiger partial charge in [0.05, 0.1) is 16.9 Å². The molecule has 3 nitrogen and oxygen atoms in total. The highest BCUT2D eigenvalue weighted by Gasteiger charge is 2.09. The zero-order chi connectivity index (χ0) is 12.0. The van der Waals surface area contributed by atoms with Crippen LogP contribution in [-0.4, -0.2) is 9.38 Å². The third-order valence-electron chi connectivity index (χ3n) is 3.03. The van der Waals surface area contributed by atoms with E-state index in [1.165, 1.54) is 5.39 Å². The first-order chi connectivity index (χ1) is 8.20. The number of imidazole rings is 1. The molecule has 3 rings (SSSR count). The molecule has 2 N–H and O–H groups in total. The van der Waals surface area contributed by atoms with Crippen molar-refractivity contribution in [1.82, 2.24) is 9.38 Å². The second-order valence-corrected chi connectivity index (χ2v) is 4.99. The second kappa shape index (κ2) is 3.82. The lowest BCUT2D eigenvalue weighted by atomic mass is 10.2. The van der Waals surface area contributed by atoms with Gasteiger partial charge in [-0.3, -0.25) is 4.40 Å². The summed E-state index contributed by atoms with van der Waals surface area (Å²) in [6.45, 7) is 2.50. The molecule has 2 heterocycles. The standard InChI is InChI=1S/C13H12BrN3/c1-8-12(7-15)17-11-4-3-10(14)6-9(11)2-5-13(17)16-8/h2-6H,7,15H2,1H3. The predicted octanol–water partition coefficient (Wildman–Crippen LogP) is 3.02. The smallest absolute Gasteiger partial charge is 0.137 e. The van der Waals surface area contributed by atoms with E-state index in [1.807, 2.05) is 19.1 Å². The average Bonchev–Trinajstić information content (AvgIpc) is 2.64. The molecule has 0 spiro atoms. The Balaban J connectivity index is 2.53. The van der Waals surface area contributed by atoms with E-state index in [9.17, 15) is 0 Å². The molecule has 86 valence electrons. The molecule has 0 saturated carbocycles. The quantitative estimate of drug-likeness (QED) is 0.748. The zero-order valence-corrected chi connectivity index (χ0v) is 11.0. The van der Waals surface area contributed by atoms with Crippen molar-refractivity contribution in [2.24, 2.45) is 5.73 Å². The van der Waals surface area contributed by atoms with Gasteiger partial charge in [-0.2, -0.15) is 0 Å². The lowest BCUT2D eigenvalue weighted by Gasteiger charge is -2.05. The molecular formula is C13H12BrN3. The summed E-state index contributed by atoms with van der Waals surface area (Å²) in [5.74, 6) is 0. The van der Waals surface area contributed by atoms with Gasteiger partial charge in [-0.15, -0.1) is 0 Å². The first-order valence-corrected chi connectivity index (χ1v) is 6.26. The molecular weight excluding hydrogens is 278 g/mol. The molecule has 0 unspecified atom stereocenters. The Kier molecular flexibility index (Phi) is 2.42. The van der Waals surface area contributed by atoms with E-state index < -0.39 is 0 Å². The van der Waals surface area contributed by atoms with Crippen LogP contribution in [-0.2, 0) is 6.54 Å². The molecule has 2 aromatic heterocycles. The molecule has 0 aliphatic carbocycles. The number of benzene rings is 1. The molecule has 3 aromatic rings. The number of fused-ring (bicyclic) bond motifs is 3. The second-order valence-electron chi connectivity index (χ2n) is 4.08. The fourth-order valence-electron chi connectivity index (χ4n) is 2.23. The van der Waals surface area contributed by atoms with Crippen LogP contribution in [0.2, 0.25) is 0 Å². The van der Waals surface area contributed by atoms with Crippen LogP contribution in [0.5, 0.6) is 0 Å². The summed E-state index contributed by atoms with van der Waals surface area (Å²) in [5, 5.41) is 1.18. The average molecular weight is 290 g/mol. The van der Waals surface area contributed by atoms with E-state index in [0.717, 1.165) is 27.0 Å². The van der Waals surface area contributed by atoms with E-state index in [-0.39, 0.29) is 0 Å². The van der Waals surface area contributed by atoms with Crippen LogP contribution in [0.4, 0.5) is 0 Å². The fraction of sp³-hybridized carbons (Fsp3) is 0.154. The topological polar surface area (TPSA) is 43.3 Å². The maximum atomic E-state index is 5.81. The van der Waals surface area contributed by atoms with E-state index in [1.54, 1.807) is 0 Å². The molecule has 0 amide bonds. The van der Waals surface area contributed by atoms with Crippen molar-refractivity contribution in [3.05, 3.63) is 46.2 Å². The number of nitrogens with two attached hydrogens (primary N) is 1. The number of hydrogen-bond acceptors (Lipinski definition) is 2. The van der Waals surface area contributed by atoms with Gasteiger partial charge in [0.15, 0.2) is 0 Å².